The molecule has 0 bridgehead atoms. The van der Waals surface area contributed by atoms with Crippen molar-refractivity contribution in [2.45, 2.75) is 52.7 Å². The first-order valence-corrected chi connectivity index (χ1v) is 6.75. The van der Waals surface area contributed by atoms with E-state index in [1.807, 2.05) is 26.0 Å². The van der Waals surface area contributed by atoms with Crippen LogP contribution in [0.5, 0.6) is 5.75 Å². The minimum Gasteiger partial charge on any atom is -0.491 e. The highest BCUT2D eigenvalue weighted by molar-refractivity contribution is 5.29. The topological polar surface area (TPSA) is 47.3 Å². The Morgan fingerprint density at radius 1 is 1.06 bits per heavy atom. The van der Waals surface area contributed by atoms with Gasteiger partial charge in [0.25, 0.3) is 0 Å². The molecule has 1 aromatic rings. The van der Waals surface area contributed by atoms with Gasteiger partial charge in [-0.2, -0.15) is 0 Å². The SMILES string of the molecule is CC(C)CCC(NN)c1ccc(OC(C)C)cc1. The van der Waals surface area contributed by atoms with Gasteiger partial charge in [-0.15, -0.1) is 0 Å². The summed E-state index contributed by atoms with van der Waals surface area (Å²) in [6.07, 6.45) is 2.43. The molecule has 102 valence electrons. The fourth-order valence-electron chi connectivity index (χ4n) is 1.90. The Labute approximate surface area is 111 Å². The monoisotopic (exact) mass is 250 g/mol. The normalized spacial score (nSPS) is 13.1. The van der Waals surface area contributed by atoms with Crippen LogP contribution in [0.15, 0.2) is 24.3 Å². The molecule has 0 aliphatic rings. The smallest absolute Gasteiger partial charge is 0.119 e. The van der Waals surface area contributed by atoms with Crippen molar-refractivity contribution in [3.8, 4) is 5.75 Å². The van der Waals surface area contributed by atoms with E-state index in [9.17, 15) is 0 Å². The van der Waals surface area contributed by atoms with Gasteiger partial charge in [-0.25, -0.2) is 0 Å². The van der Waals surface area contributed by atoms with E-state index in [0.717, 1.165) is 12.2 Å². The van der Waals surface area contributed by atoms with Crippen molar-refractivity contribution in [1.29, 1.82) is 0 Å². The van der Waals surface area contributed by atoms with Crippen molar-refractivity contribution in [2.24, 2.45) is 11.8 Å². The summed E-state index contributed by atoms with van der Waals surface area (Å²) in [5.41, 5.74) is 4.11. The Bertz CT molecular complexity index is 333. The van der Waals surface area contributed by atoms with Gasteiger partial charge < -0.3 is 4.74 Å². The predicted molar refractivity (Wildman–Crippen MR) is 76.3 cm³/mol. The Morgan fingerprint density at radius 3 is 2.11 bits per heavy atom. The van der Waals surface area contributed by atoms with Crippen LogP contribution in [0.2, 0.25) is 0 Å². The molecule has 1 atom stereocenters. The number of nitrogens with two attached hydrogens (primary N) is 1. The summed E-state index contributed by atoms with van der Waals surface area (Å²) in [6.45, 7) is 8.52. The Kier molecular flexibility index (Phi) is 6.16. The largest absolute Gasteiger partial charge is 0.491 e. The molecule has 0 radical (unpaired) electrons. The van der Waals surface area contributed by atoms with Gasteiger partial charge in [-0.05, 0) is 50.3 Å². The molecule has 0 saturated carbocycles. The Morgan fingerprint density at radius 2 is 1.67 bits per heavy atom. The van der Waals surface area contributed by atoms with Crippen molar-refractivity contribution in [2.75, 3.05) is 0 Å². The molecule has 0 aliphatic carbocycles. The number of ether oxygens (including phenoxy) is 1. The minimum absolute atomic E-state index is 0.209. The molecule has 1 rings (SSSR count). The van der Waals surface area contributed by atoms with Gasteiger partial charge in [0.15, 0.2) is 0 Å². The van der Waals surface area contributed by atoms with Crippen molar-refractivity contribution in [3.05, 3.63) is 29.8 Å². The van der Waals surface area contributed by atoms with Gasteiger partial charge in [0, 0.05) is 6.04 Å². The van der Waals surface area contributed by atoms with Crippen LogP contribution < -0.4 is 16.0 Å². The van der Waals surface area contributed by atoms with Gasteiger partial charge in [-0.3, -0.25) is 11.3 Å². The lowest BCUT2D eigenvalue weighted by Gasteiger charge is -2.18. The zero-order valence-electron chi connectivity index (χ0n) is 11.9. The van der Waals surface area contributed by atoms with Crippen molar-refractivity contribution < 1.29 is 4.74 Å². The summed E-state index contributed by atoms with van der Waals surface area (Å²) in [7, 11) is 0. The van der Waals surface area contributed by atoms with Gasteiger partial charge in [0.2, 0.25) is 0 Å². The first-order valence-electron chi connectivity index (χ1n) is 6.75. The maximum atomic E-state index is 5.63. The van der Waals surface area contributed by atoms with E-state index >= 15 is 0 Å². The fourth-order valence-corrected chi connectivity index (χ4v) is 1.90. The first kappa shape index (κ1) is 15.0. The molecule has 0 spiro atoms. The second-order valence-corrected chi connectivity index (χ2v) is 5.43. The number of hydrogen-bond donors (Lipinski definition) is 2. The molecular formula is C15H26N2O. The van der Waals surface area contributed by atoms with Crippen molar-refractivity contribution >= 4 is 0 Å². The quantitative estimate of drug-likeness (QED) is 0.576. The molecule has 0 fully saturated rings. The highest BCUT2D eigenvalue weighted by atomic mass is 16.5. The van der Waals surface area contributed by atoms with Crippen LogP contribution in [-0.2, 0) is 0 Å². The predicted octanol–water partition coefficient (Wildman–Crippen LogP) is 3.41. The molecule has 1 unspecified atom stereocenters. The molecule has 0 amide bonds. The van der Waals surface area contributed by atoms with E-state index in [-0.39, 0.29) is 12.1 Å². The highest BCUT2D eigenvalue weighted by Gasteiger charge is 2.10. The molecule has 3 heteroatoms. The molecule has 3 N–H and O–H groups in total. The number of nitrogens with one attached hydrogen (secondary N) is 1. The van der Waals surface area contributed by atoms with Crippen LogP contribution in [0.4, 0.5) is 0 Å². The van der Waals surface area contributed by atoms with Crippen molar-refractivity contribution in [1.82, 2.24) is 5.43 Å². The van der Waals surface area contributed by atoms with Crippen LogP contribution in [0.25, 0.3) is 0 Å². The Hall–Kier alpha value is -1.06. The summed E-state index contributed by atoms with van der Waals surface area (Å²) < 4.78 is 5.63. The van der Waals surface area contributed by atoms with Crippen LogP contribution in [0.1, 0.15) is 52.1 Å². The van der Waals surface area contributed by atoms with E-state index in [1.165, 1.54) is 12.0 Å². The molecule has 18 heavy (non-hydrogen) atoms. The summed E-state index contributed by atoms with van der Waals surface area (Å²) in [5, 5.41) is 0. The zero-order chi connectivity index (χ0) is 13.5. The average Bonchev–Trinajstić information content (AvgIpc) is 2.31. The summed E-state index contributed by atoms with van der Waals surface area (Å²) in [5.74, 6) is 7.24. The third-order valence-electron chi connectivity index (χ3n) is 2.89. The molecule has 0 heterocycles. The van der Waals surface area contributed by atoms with Gasteiger partial charge in [0.1, 0.15) is 5.75 Å². The van der Waals surface area contributed by atoms with E-state index < -0.39 is 0 Å². The van der Waals surface area contributed by atoms with E-state index in [0.29, 0.717) is 5.92 Å². The van der Waals surface area contributed by atoms with Gasteiger partial charge >= 0.3 is 0 Å². The lowest BCUT2D eigenvalue weighted by atomic mass is 9.98. The molecule has 0 aromatic heterocycles. The number of benzene rings is 1. The van der Waals surface area contributed by atoms with Crippen LogP contribution in [0.3, 0.4) is 0 Å². The molecule has 0 saturated heterocycles. The number of hydrogen-bond acceptors (Lipinski definition) is 3. The third-order valence-corrected chi connectivity index (χ3v) is 2.89. The lowest BCUT2D eigenvalue weighted by Crippen LogP contribution is -2.28. The van der Waals surface area contributed by atoms with E-state index in [1.54, 1.807) is 0 Å². The van der Waals surface area contributed by atoms with E-state index in [2.05, 4.69) is 31.4 Å². The van der Waals surface area contributed by atoms with E-state index in [4.69, 9.17) is 10.6 Å². The lowest BCUT2D eigenvalue weighted by molar-refractivity contribution is 0.242. The molecule has 3 nitrogen and oxygen atoms in total. The second kappa shape index (κ2) is 7.39. The molecule has 0 aliphatic heterocycles. The van der Waals surface area contributed by atoms with Crippen LogP contribution >= 0.6 is 0 Å². The fraction of sp³-hybridized carbons (Fsp3) is 0.600. The first-order chi connectivity index (χ1) is 8.52. The zero-order valence-corrected chi connectivity index (χ0v) is 11.9. The molecular weight excluding hydrogens is 224 g/mol. The summed E-state index contributed by atoms with van der Waals surface area (Å²) in [4.78, 5) is 0. The standard InChI is InChI=1S/C15H26N2O/c1-11(2)5-10-15(17-16)13-6-8-14(9-7-13)18-12(3)4/h6-9,11-12,15,17H,5,10,16H2,1-4H3. The summed E-state index contributed by atoms with van der Waals surface area (Å²) >= 11 is 0. The maximum absolute atomic E-state index is 5.63. The highest BCUT2D eigenvalue weighted by Crippen LogP contribution is 2.23. The second-order valence-electron chi connectivity index (χ2n) is 5.43. The van der Waals surface area contributed by atoms with Crippen LogP contribution in [-0.4, -0.2) is 6.10 Å². The maximum Gasteiger partial charge on any atom is 0.119 e. The Balaban J connectivity index is 2.63. The number of hydrazine groups is 1. The van der Waals surface area contributed by atoms with Gasteiger partial charge in [0.05, 0.1) is 6.10 Å². The van der Waals surface area contributed by atoms with Crippen LogP contribution in [0, 0.1) is 5.92 Å². The third kappa shape index (κ3) is 5.07. The minimum atomic E-state index is 0.209. The number of rotatable bonds is 7. The van der Waals surface area contributed by atoms with Gasteiger partial charge in [-0.1, -0.05) is 26.0 Å². The summed E-state index contributed by atoms with van der Waals surface area (Å²) in [6, 6.07) is 8.41. The molecule has 1 aromatic carbocycles. The van der Waals surface area contributed by atoms with Crippen molar-refractivity contribution in [3.63, 3.8) is 0 Å². The average molecular weight is 250 g/mol.